The Morgan fingerprint density at radius 3 is 2.10 bits per heavy atom. The zero-order valence-corrected chi connectivity index (χ0v) is 15.9. The second-order valence-corrected chi connectivity index (χ2v) is 7.07. The van der Waals surface area contributed by atoms with Gasteiger partial charge in [-0.1, -0.05) is 48.5 Å². The van der Waals surface area contributed by atoms with Crippen molar-refractivity contribution >= 4 is 22.7 Å². The molecule has 0 atom stereocenters. The van der Waals surface area contributed by atoms with Gasteiger partial charge in [-0.3, -0.25) is 4.79 Å². The van der Waals surface area contributed by atoms with Crippen molar-refractivity contribution in [1.29, 1.82) is 0 Å². The molecule has 1 aliphatic rings. The van der Waals surface area contributed by atoms with Crippen LogP contribution in [0, 0.1) is 13.8 Å². The highest BCUT2D eigenvalue weighted by molar-refractivity contribution is 6.40. The van der Waals surface area contributed by atoms with Crippen molar-refractivity contribution < 1.29 is 18.0 Å². The number of carbonyl (C=O) groups excluding carboxylic acids is 1. The molecule has 1 N–H and O–H groups in total. The summed E-state index contributed by atoms with van der Waals surface area (Å²) in [6.07, 6.45) is -4.42. The van der Waals surface area contributed by atoms with E-state index < -0.39 is 11.7 Å². The van der Waals surface area contributed by atoms with E-state index in [1.165, 1.54) is 12.1 Å². The van der Waals surface area contributed by atoms with E-state index in [-0.39, 0.29) is 5.78 Å². The van der Waals surface area contributed by atoms with E-state index in [0.29, 0.717) is 22.4 Å². The number of nitrogens with one attached hydrogen (secondary N) is 1. The molecule has 29 heavy (non-hydrogen) atoms. The number of Topliss-reactive ketones (excluding diaryl/α,β-unsaturated/α-hetero) is 1. The molecule has 0 radical (unpaired) electrons. The summed E-state index contributed by atoms with van der Waals surface area (Å²) in [7, 11) is 0. The number of anilines is 1. The highest BCUT2D eigenvalue weighted by Gasteiger charge is 2.33. The molecule has 3 aromatic carbocycles. The Bertz CT molecular complexity index is 1140. The number of ketones is 1. The molecule has 0 bridgehead atoms. The molecule has 0 heterocycles. The third kappa shape index (κ3) is 3.33. The predicted molar refractivity (Wildman–Crippen MR) is 109 cm³/mol. The van der Waals surface area contributed by atoms with Crippen molar-refractivity contribution in [2.45, 2.75) is 20.0 Å². The summed E-state index contributed by atoms with van der Waals surface area (Å²) in [4.78, 5) is 13.1. The van der Waals surface area contributed by atoms with Crippen LogP contribution in [-0.2, 0) is 6.18 Å². The lowest BCUT2D eigenvalue weighted by molar-refractivity contribution is -0.137. The van der Waals surface area contributed by atoms with Crippen LogP contribution in [0.15, 0.2) is 66.7 Å². The van der Waals surface area contributed by atoms with Gasteiger partial charge in [0.05, 0.1) is 16.8 Å². The van der Waals surface area contributed by atoms with E-state index >= 15 is 0 Å². The van der Waals surface area contributed by atoms with E-state index in [0.717, 1.165) is 34.5 Å². The Morgan fingerprint density at radius 1 is 0.793 bits per heavy atom. The van der Waals surface area contributed by atoms with Crippen molar-refractivity contribution in [2.75, 3.05) is 5.32 Å². The summed E-state index contributed by atoms with van der Waals surface area (Å²) in [6, 6.07) is 17.8. The van der Waals surface area contributed by atoms with Crippen molar-refractivity contribution in [1.82, 2.24) is 0 Å². The summed E-state index contributed by atoms with van der Waals surface area (Å²) in [6.45, 7) is 3.98. The fraction of sp³-hybridized carbons (Fsp3) is 0.125. The summed E-state index contributed by atoms with van der Waals surface area (Å²) >= 11 is 0. The maximum Gasteiger partial charge on any atom is 0.416 e. The van der Waals surface area contributed by atoms with Gasteiger partial charge < -0.3 is 5.32 Å². The first-order valence-corrected chi connectivity index (χ1v) is 9.16. The lowest BCUT2D eigenvalue weighted by atomic mass is 10.00. The van der Waals surface area contributed by atoms with Gasteiger partial charge in [0.25, 0.3) is 0 Å². The molecule has 0 saturated heterocycles. The molecule has 0 fully saturated rings. The van der Waals surface area contributed by atoms with Crippen molar-refractivity contribution in [3.05, 3.63) is 100 Å². The minimum atomic E-state index is -4.42. The number of fused-ring (bicyclic) bond motifs is 1. The van der Waals surface area contributed by atoms with Crippen LogP contribution in [0.2, 0.25) is 0 Å². The molecule has 0 aliphatic heterocycles. The van der Waals surface area contributed by atoms with E-state index in [9.17, 15) is 18.0 Å². The van der Waals surface area contributed by atoms with Gasteiger partial charge in [-0.05, 0) is 48.7 Å². The van der Waals surface area contributed by atoms with Crippen LogP contribution in [0.5, 0.6) is 0 Å². The van der Waals surface area contributed by atoms with Gasteiger partial charge in [0, 0.05) is 16.8 Å². The van der Waals surface area contributed by atoms with Gasteiger partial charge in [-0.2, -0.15) is 13.2 Å². The molecule has 0 spiro atoms. The number of halogens is 3. The first-order valence-electron chi connectivity index (χ1n) is 9.16. The van der Waals surface area contributed by atoms with Crippen LogP contribution in [-0.4, -0.2) is 5.78 Å². The van der Waals surface area contributed by atoms with Crippen LogP contribution in [0.3, 0.4) is 0 Å². The maximum absolute atomic E-state index is 13.1. The van der Waals surface area contributed by atoms with E-state index in [1.54, 1.807) is 12.1 Å². The molecule has 3 aromatic rings. The van der Waals surface area contributed by atoms with Gasteiger partial charge in [-0.25, -0.2) is 0 Å². The molecule has 0 aromatic heterocycles. The minimum Gasteiger partial charge on any atom is -0.354 e. The highest BCUT2D eigenvalue weighted by Crippen LogP contribution is 2.40. The molecule has 0 unspecified atom stereocenters. The maximum atomic E-state index is 13.1. The average molecular weight is 393 g/mol. The van der Waals surface area contributed by atoms with Gasteiger partial charge >= 0.3 is 6.18 Å². The lowest BCUT2D eigenvalue weighted by Crippen LogP contribution is -2.06. The number of aryl methyl sites for hydroxylation is 1. The topological polar surface area (TPSA) is 29.1 Å². The standard InChI is InChI=1S/C24H18F3NO/c1-14-6-5-9-20(15(14)2)28-22-18-7-3-4-8-19(18)23(29)21(22)16-10-12-17(13-11-16)24(25,26)27/h3-13,28H,1-2H3. The monoisotopic (exact) mass is 393 g/mol. The Labute approximate surface area is 166 Å². The van der Waals surface area contributed by atoms with Crippen LogP contribution in [0.25, 0.3) is 11.3 Å². The Kier molecular flexibility index (Phi) is 4.53. The van der Waals surface area contributed by atoms with Crippen LogP contribution >= 0.6 is 0 Å². The normalized spacial score (nSPS) is 13.6. The number of hydrogen-bond donors (Lipinski definition) is 1. The van der Waals surface area contributed by atoms with E-state index in [2.05, 4.69) is 5.32 Å². The molecule has 0 amide bonds. The van der Waals surface area contributed by atoms with Gasteiger partial charge in [0.15, 0.2) is 5.78 Å². The van der Waals surface area contributed by atoms with Gasteiger partial charge in [-0.15, -0.1) is 0 Å². The summed E-state index contributed by atoms with van der Waals surface area (Å²) in [5, 5.41) is 3.37. The fourth-order valence-electron chi connectivity index (χ4n) is 3.53. The second kappa shape index (κ2) is 6.92. The third-order valence-electron chi connectivity index (χ3n) is 5.28. The number of alkyl halides is 3. The first-order chi connectivity index (χ1) is 13.8. The number of benzene rings is 3. The van der Waals surface area contributed by atoms with Crippen LogP contribution in [0.1, 0.15) is 38.2 Å². The Balaban J connectivity index is 1.86. The van der Waals surface area contributed by atoms with Crippen molar-refractivity contribution in [3.63, 3.8) is 0 Å². The predicted octanol–water partition coefficient (Wildman–Crippen LogP) is 6.50. The molecule has 5 heteroatoms. The Hall–Kier alpha value is -3.34. The lowest BCUT2D eigenvalue weighted by Gasteiger charge is -2.15. The molecule has 146 valence electrons. The fourth-order valence-corrected chi connectivity index (χ4v) is 3.53. The van der Waals surface area contributed by atoms with Crippen molar-refractivity contribution in [3.8, 4) is 0 Å². The van der Waals surface area contributed by atoms with Crippen LogP contribution in [0.4, 0.5) is 18.9 Å². The third-order valence-corrected chi connectivity index (χ3v) is 5.28. The summed E-state index contributed by atoms with van der Waals surface area (Å²) < 4.78 is 38.8. The van der Waals surface area contributed by atoms with Crippen molar-refractivity contribution in [2.24, 2.45) is 0 Å². The Morgan fingerprint density at radius 2 is 1.45 bits per heavy atom. The van der Waals surface area contributed by atoms with Crippen LogP contribution < -0.4 is 5.32 Å². The zero-order valence-electron chi connectivity index (χ0n) is 15.9. The van der Waals surface area contributed by atoms with E-state index in [1.807, 2.05) is 44.2 Å². The first kappa shape index (κ1) is 19.0. The molecular formula is C24H18F3NO. The quantitative estimate of drug-likeness (QED) is 0.550. The molecule has 2 nitrogen and oxygen atoms in total. The molecule has 0 saturated carbocycles. The number of allylic oxidation sites excluding steroid dienone is 1. The van der Waals surface area contributed by atoms with Gasteiger partial charge in [0.1, 0.15) is 0 Å². The summed E-state index contributed by atoms with van der Waals surface area (Å²) in [5.74, 6) is -0.201. The number of rotatable bonds is 3. The second-order valence-electron chi connectivity index (χ2n) is 7.07. The largest absolute Gasteiger partial charge is 0.416 e. The smallest absolute Gasteiger partial charge is 0.354 e. The van der Waals surface area contributed by atoms with E-state index in [4.69, 9.17) is 0 Å². The number of hydrogen-bond acceptors (Lipinski definition) is 2. The zero-order chi connectivity index (χ0) is 20.8. The molecule has 1 aliphatic carbocycles. The minimum absolute atomic E-state index is 0.201. The van der Waals surface area contributed by atoms with Gasteiger partial charge in [0.2, 0.25) is 0 Å². The summed E-state index contributed by atoms with van der Waals surface area (Å²) in [5.41, 5.74) is 4.98. The molecule has 4 rings (SSSR count). The number of carbonyl (C=O) groups is 1. The average Bonchev–Trinajstić information content (AvgIpc) is 2.97. The SMILES string of the molecule is Cc1cccc(NC2=C(c3ccc(C(F)(F)F)cc3)C(=O)c3ccccc32)c1C. The molecular weight excluding hydrogens is 375 g/mol. The highest BCUT2D eigenvalue weighted by atomic mass is 19.4.